The third kappa shape index (κ3) is 2.69. The summed E-state index contributed by atoms with van der Waals surface area (Å²) in [6, 6.07) is 0.103. The normalized spacial score (nSPS) is 11.5. The smallest absolute Gasteiger partial charge is 0.263 e. The Morgan fingerprint density at radius 3 is 2.65 bits per heavy atom. The van der Waals surface area contributed by atoms with Crippen molar-refractivity contribution in [1.29, 1.82) is 0 Å². The van der Waals surface area contributed by atoms with Gasteiger partial charge in [-0.2, -0.15) is 0 Å². The van der Waals surface area contributed by atoms with E-state index in [0.717, 1.165) is 32.3 Å². The van der Waals surface area contributed by atoms with Crippen molar-refractivity contribution in [2.24, 2.45) is 0 Å². The Morgan fingerprint density at radius 2 is 2.10 bits per heavy atom. The standard InChI is InChI=1S/C15H20N2OS2/c1-8(2)7-19-15-16-13-12(10(5)11(6)20-13)14(18)17(15)9(3)4/h9H,1,7H2,2-6H3. The number of rotatable bonds is 4. The van der Waals surface area contributed by atoms with E-state index in [4.69, 9.17) is 4.98 Å². The summed E-state index contributed by atoms with van der Waals surface area (Å²) < 4.78 is 1.80. The number of fused-ring (bicyclic) bond motifs is 1. The summed E-state index contributed by atoms with van der Waals surface area (Å²) in [7, 11) is 0. The average Bonchev–Trinajstić information content (AvgIpc) is 2.62. The maximum atomic E-state index is 12.8. The number of aryl methyl sites for hydroxylation is 2. The van der Waals surface area contributed by atoms with E-state index in [1.165, 1.54) is 4.88 Å². The number of aromatic nitrogens is 2. The van der Waals surface area contributed by atoms with Crippen molar-refractivity contribution in [3.63, 3.8) is 0 Å². The molecular formula is C15H20N2OS2. The Bertz CT molecular complexity index is 726. The maximum Gasteiger partial charge on any atom is 0.263 e. The monoisotopic (exact) mass is 308 g/mol. The van der Waals surface area contributed by atoms with E-state index >= 15 is 0 Å². The van der Waals surface area contributed by atoms with Crippen LogP contribution in [0.3, 0.4) is 0 Å². The van der Waals surface area contributed by atoms with Crippen LogP contribution in [-0.2, 0) is 0 Å². The molecule has 0 aliphatic rings. The van der Waals surface area contributed by atoms with E-state index in [0.29, 0.717) is 0 Å². The van der Waals surface area contributed by atoms with Gasteiger partial charge in [0, 0.05) is 16.7 Å². The summed E-state index contributed by atoms with van der Waals surface area (Å²) in [5.41, 5.74) is 2.22. The Labute approximate surface area is 127 Å². The van der Waals surface area contributed by atoms with Crippen LogP contribution in [0.25, 0.3) is 10.2 Å². The minimum atomic E-state index is 0.0797. The molecular weight excluding hydrogens is 288 g/mol. The Kier molecular flexibility index (Phi) is 4.39. The van der Waals surface area contributed by atoms with Crippen molar-refractivity contribution in [1.82, 2.24) is 9.55 Å². The lowest BCUT2D eigenvalue weighted by molar-refractivity contribution is 0.519. The van der Waals surface area contributed by atoms with Crippen molar-refractivity contribution in [3.05, 3.63) is 32.9 Å². The molecule has 2 rings (SSSR count). The molecule has 0 saturated heterocycles. The number of thioether (sulfide) groups is 1. The van der Waals surface area contributed by atoms with Crippen LogP contribution in [-0.4, -0.2) is 15.3 Å². The van der Waals surface area contributed by atoms with Crippen molar-refractivity contribution >= 4 is 33.3 Å². The highest BCUT2D eigenvalue weighted by molar-refractivity contribution is 7.99. The molecule has 0 saturated carbocycles. The maximum absolute atomic E-state index is 12.8. The van der Waals surface area contributed by atoms with E-state index in [2.05, 4.69) is 6.58 Å². The molecule has 3 nitrogen and oxygen atoms in total. The van der Waals surface area contributed by atoms with Crippen molar-refractivity contribution in [2.75, 3.05) is 5.75 Å². The van der Waals surface area contributed by atoms with Gasteiger partial charge >= 0.3 is 0 Å². The third-order valence-corrected chi connectivity index (χ3v) is 5.45. The lowest BCUT2D eigenvalue weighted by Gasteiger charge is -2.15. The third-order valence-electron chi connectivity index (χ3n) is 3.17. The zero-order chi connectivity index (χ0) is 15.0. The van der Waals surface area contributed by atoms with Gasteiger partial charge in [0.1, 0.15) is 4.83 Å². The molecule has 0 bridgehead atoms. The van der Waals surface area contributed by atoms with Gasteiger partial charge in [0.2, 0.25) is 0 Å². The summed E-state index contributed by atoms with van der Waals surface area (Å²) in [6.07, 6.45) is 0. The number of hydrogen-bond donors (Lipinski definition) is 0. The summed E-state index contributed by atoms with van der Waals surface area (Å²) >= 11 is 3.19. The van der Waals surface area contributed by atoms with Gasteiger partial charge < -0.3 is 0 Å². The minimum absolute atomic E-state index is 0.0797. The van der Waals surface area contributed by atoms with Crippen LogP contribution >= 0.6 is 23.1 Å². The van der Waals surface area contributed by atoms with E-state index in [9.17, 15) is 4.79 Å². The first-order chi connectivity index (χ1) is 9.32. The first kappa shape index (κ1) is 15.3. The van der Waals surface area contributed by atoms with Crippen molar-refractivity contribution in [3.8, 4) is 0 Å². The van der Waals surface area contributed by atoms with Gasteiger partial charge in [-0.1, -0.05) is 23.9 Å². The van der Waals surface area contributed by atoms with Crippen LogP contribution in [0.1, 0.15) is 37.3 Å². The lowest BCUT2D eigenvalue weighted by Crippen LogP contribution is -2.25. The van der Waals surface area contributed by atoms with Crippen molar-refractivity contribution < 1.29 is 0 Å². The molecule has 5 heteroatoms. The first-order valence-electron chi connectivity index (χ1n) is 6.62. The minimum Gasteiger partial charge on any atom is -0.284 e. The van der Waals surface area contributed by atoms with Gasteiger partial charge in [-0.3, -0.25) is 9.36 Å². The zero-order valence-electron chi connectivity index (χ0n) is 12.6. The number of nitrogens with zero attached hydrogens (tertiary/aromatic N) is 2. The fraction of sp³-hybridized carbons (Fsp3) is 0.467. The van der Waals surface area contributed by atoms with E-state index in [1.54, 1.807) is 27.7 Å². The van der Waals surface area contributed by atoms with Gasteiger partial charge in [-0.05, 0) is 40.2 Å². The predicted molar refractivity (Wildman–Crippen MR) is 89.3 cm³/mol. The van der Waals surface area contributed by atoms with Crippen LogP contribution < -0.4 is 5.56 Å². The highest BCUT2D eigenvalue weighted by Crippen LogP contribution is 2.29. The zero-order valence-corrected chi connectivity index (χ0v) is 14.2. The molecule has 0 unspecified atom stereocenters. The molecule has 0 radical (unpaired) electrons. The van der Waals surface area contributed by atoms with Crippen LogP contribution in [0.4, 0.5) is 0 Å². The molecule has 0 N–H and O–H groups in total. The summed E-state index contributed by atoms with van der Waals surface area (Å²) in [5.74, 6) is 0.786. The molecule has 0 aromatic carbocycles. The quantitative estimate of drug-likeness (QED) is 0.479. The second-order valence-corrected chi connectivity index (χ2v) is 7.52. The summed E-state index contributed by atoms with van der Waals surface area (Å²) in [5, 5.41) is 1.57. The number of thiophene rings is 1. The molecule has 0 amide bonds. The van der Waals surface area contributed by atoms with Gasteiger partial charge in [0.05, 0.1) is 5.39 Å². The lowest BCUT2D eigenvalue weighted by atomic mass is 10.2. The Hall–Kier alpha value is -1.07. The second kappa shape index (κ2) is 5.74. The Balaban J connectivity index is 2.70. The topological polar surface area (TPSA) is 34.9 Å². The fourth-order valence-corrected chi connectivity index (χ4v) is 4.07. The molecule has 0 aliphatic heterocycles. The van der Waals surface area contributed by atoms with Crippen LogP contribution in [0, 0.1) is 13.8 Å². The van der Waals surface area contributed by atoms with Gasteiger partial charge in [-0.25, -0.2) is 4.98 Å². The van der Waals surface area contributed by atoms with Gasteiger partial charge in [0.15, 0.2) is 5.16 Å². The number of hydrogen-bond acceptors (Lipinski definition) is 4. The highest BCUT2D eigenvalue weighted by Gasteiger charge is 2.18. The van der Waals surface area contributed by atoms with Crippen LogP contribution in [0.2, 0.25) is 0 Å². The molecule has 0 aliphatic carbocycles. The predicted octanol–water partition coefficient (Wildman–Crippen LogP) is 4.32. The molecule has 0 spiro atoms. The van der Waals surface area contributed by atoms with Crippen molar-refractivity contribution in [2.45, 2.75) is 45.8 Å². The van der Waals surface area contributed by atoms with Gasteiger partial charge in [-0.15, -0.1) is 11.3 Å². The van der Waals surface area contributed by atoms with E-state index < -0.39 is 0 Å². The summed E-state index contributed by atoms with van der Waals surface area (Å²) in [4.78, 5) is 19.5. The molecule has 2 aromatic heterocycles. The molecule has 20 heavy (non-hydrogen) atoms. The molecule has 0 atom stereocenters. The van der Waals surface area contributed by atoms with E-state index in [1.807, 2.05) is 34.6 Å². The average molecular weight is 308 g/mol. The second-order valence-electron chi connectivity index (χ2n) is 5.37. The molecule has 2 aromatic rings. The Morgan fingerprint density at radius 1 is 1.45 bits per heavy atom. The largest absolute Gasteiger partial charge is 0.284 e. The molecule has 0 fully saturated rings. The molecule has 108 valence electrons. The van der Waals surface area contributed by atoms with Gasteiger partial charge in [0.25, 0.3) is 5.56 Å². The van der Waals surface area contributed by atoms with E-state index in [-0.39, 0.29) is 11.6 Å². The first-order valence-corrected chi connectivity index (χ1v) is 8.42. The van der Waals surface area contributed by atoms with Crippen LogP contribution in [0.15, 0.2) is 22.1 Å². The summed E-state index contributed by atoms with van der Waals surface area (Å²) in [6.45, 7) is 14.0. The van der Waals surface area contributed by atoms with Crippen LogP contribution in [0.5, 0.6) is 0 Å². The fourth-order valence-electron chi connectivity index (χ4n) is 2.03. The highest BCUT2D eigenvalue weighted by atomic mass is 32.2. The molecule has 2 heterocycles. The SMILES string of the molecule is C=C(C)CSc1nc2sc(C)c(C)c2c(=O)n1C(C)C.